The number of halogens is 3. The zero-order valence-corrected chi connectivity index (χ0v) is 14.6. The highest BCUT2D eigenvalue weighted by molar-refractivity contribution is 9.10. The predicted octanol–water partition coefficient (Wildman–Crippen LogP) is 3.70. The van der Waals surface area contributed by atoms with Gasteiger partial charge in [-0.2, -0.15) is 0 Å². The minimum Gasteiger partial charge on any atom is -0.400 e. The van der Waals surface area contributed by atoms with Crippen molar-refractivity contribution in [1.82, 2.24) is 0 Å². The number of hydrogen-bond donors (Lipinski definition) is 1. The van der Waals surface area contributed by atoms with E-state index in [9.17, 15) is 8.78 Å². The Labute approximate surface area is 138 Å². The predicted molar refractivity (Wildman–Crippen MR) is 87.2 cm³/mol. The lowest BCUT2D eigenvalue weighted by molar-refractivity contribution is 0.00578. The van der Waals surface area contributed by atoms with Crippen LogP contribution in [0.4, 0.5) is 8.78 Å². The van der Waals surface area contributed by atoms with Crippen LogP contribution in [0.25, 0.3) is 6.08 Å². The first kappa shape index (κ1) is 17.6. The molecule has 22 heavy (non-hydrogen) atoms. The summed E-state index contributed by atoms with van der Waals surface area (Å²) in [4.78, 5) is 0. The van der Waals surface area contributed by atoms with E-state index in [0.29, 0.717) is 9.95 Å². The Hall–Kier alpha value is -0.755. The fourth-order valence-corrected chi connectivity index (χ4v) is 2.62. The van der Waals surface area contributed by atoms with Gasteiger partial charge in [-0.15, -0.1) is 0 Å². The van der Waals surface area contributed by atoms with Gasteiger partial charge < -0.3 is 15.0 Å². The Morgan fingerprint density at radius 1 is 1.23 bits per heavy atom. The average Bonchev–Trinajstić information content (AvgIpc) is 2.57. The highest BCUT2D eigenvalue weighted by Crippen LogP contribution is 2.39. The fraction of sp³-hybridized carbons (Fsp3) is 0.467. The van der Waals surface area contributed by atoms with Crippen molar-refractivity contribution < 1.29 is 18.1 Å². The van der Waals surface area contributed by atoms with Crippen LogP contribution in [0.2, 0.25) is 0 Å². The first-order valence-electron chi connectivity index (χ1n) is 6.98. The molecule has 1 fully saturated rings. The molecule has 0 unspecified atom stereocenters. The van der Waals surface area contributed by atoms with Crippen LogP contribution < -0.4 is 5.73 Å². The van der Waals surface area contributed by atoms with Gasteiger partial charge in [-0.25, -0.2) is 8.78 Å². The van der Waals surface area contributed by atoms with E-state index >= 15 is 0 Å². The summed E-state index contributed by atoms with van der Waals surface area (Å²) < 4.78 is 39.3. The Balaban J connectivity index is 2.38. The molecule has 1 aliphatic heterocycles. The monoisotopic (exact) mass is 373 g/mol. The molecule has 0 saturated carbocycles. The first-order valence-corrected chi connectivity index (χ1v) is 7.77. The van der Waals surface area contributed by atoms with Crippen LogP contribution in [0.15, 0.2) is 22.1 Å². The summed E-state index contributed by atoms with van der Waals surface area (Å²) in [6.07, 6.45) is 1.54. The minimum absolute atomic E-state index is 0.139. The number of benzene rings is 1. The van der Waals surface area contributed by atoms with Crippen LogP contribution in [0.3, 0.4) is 0 Å². The van der Waals surface area contributed by atoms with Crippen molar-refractivity contribution in [2.75, 3.05) is 6.54 Å². The molecule has 1 aromatic rings. The van der Waals surface area contributed by atoms with Crippen LogP contribution >= 0.6 is 15.9 Å². The summed E-state index contributed by atoms with van der Waals surface area (Å²) in [6, 6.07) is 2.03. The number of rotatable bonds is 3. The van der Waals surface area contributed by atoms with Crippen LogP contribution in [0.1, 0.15) is 33.3 Å². The second kappa shape index (κ2) is 6.04. The van der Waals surface area contributed by atoms with Gasteiger partial charge in [0.05, 0.1) is 11.2 Å². The lowest BCUT2D eigenvalue weighted by Crippen LogP contribution is -2.41. The summed E-state index contributed by atoms with van der Waals surface area (Å²) in [5.41, 5.74) is 5.56. The van der Waals surface area contributed by atoms with Crippen LogP contribution in [0.5, 0.6) is 0 Å². The maximum Gasteiger partial charge on any atom is 0.491 e. The third-order valence-electron chi connectivity index (χ3n) is 4.17. The van der Waals surface area contributed by atoms with Crippen molar-refractivity contribution in [1.29, 1.82) is 0 Å². The van der Waals surface area contributed by atoms with E-state index < -0.39 is 30.0 Å². The maximum atomic E-state index is 14.0. The molecule has 1 aromatic carbocycles. The minimum atomic E-state index is -0.672. The molecular weight excluding hydrogens is 355 g/mol. The highest BCUT2D eigenvalue weighted by atomic mass is 79.9. The van der Waals surface area contributed by atoms with Crippen LogP contribution in [-0.2, 0) is 9.31 Å². The largest absolute Gasteiger partial charge is 0.491 e. The Kier molecular flexibility index (Phi) is 4.83. The zero-order chi connectivity index (χ0) is 16.7. The highest BCUT2D eigenvalue weighted by Gasteiger charge is 2.52. The molecule has 0 amide bonds. The summed E-state index contributed by atoms with van der Waals surface area (Å²) in [5, 5.41) is 0. The van der Waals surface area contributed by atoms with Gasteiger partial charge in [0.25, 0.3) is 0 Å². The van der Waals surface area contributed by atoms with Gasteiger partial charge in [-0.1, -0.05) is 6.08 Å². The summed E-state index contributed by atoms with van der Waals surface area (Å²) in [5.74, 6) is -1.32. The van der Waals surface area contributed by atoms with E-state index in [1.54, 1.807) is 6.08 Å². The van der Waals surface area contributed by atoms with E-state index in [-0.39, 0.29) is 12.1 Å². The van der Waals surface area contributed by atoms with Crippen molar-refractivity contribution >= 4 is 29.1 Å². The number of hydrogen-bond acceptors (Lipinski definition) is 3. The van der Waals surface area contributed by atoms with Crippen molar-refractivity contribution in [3.05, 3.63) is 39.3 Å². The SMILES string of the molecule is CC1(C)OB(C(=Cc2c(F)cc(F)cc2Br)CN)OC1(C)C. The van der Waals surface area contributed by atoms with E-state index in [2.05, 4.69) is 15.9 Å². The van der Waals surface area contributed by atoms with Gasteiger partial charge in [-0.3, -0.25) is 0 Å². The van der Waals surface area contributed by atoms with Gasteiger partial charge >= 0.3 is 7.12 Å². The third kappa shape index (κ3) is 3.27. The molecular formula is C15H19BBrF2NO2. The van der Waals surface area contributed by atoms with Crippen LogP contribution in [-0.4, -0.2) is 24.9 Å². The first-order chi connectivity index (χ1) is 10.1. The van der Waals surface area contributed by atoms with E-state index in [4.69, 9.17) is 15.0 Å². The molecule has 0 bridgehead atoms. The molecule has 1 heterocycles. The molecule has 1 saturated heterocycles. The second-order valence-corrected chi connectivity index (χ2v) is 7.15. The zero-order valence-electron chi connectivity index (χ0n) is 13.0. The lowest BCUT2D eigenvalue weighted by atomic mass is 9.77. The molecule has 0 aliphatic carbocycles. The molecule has 2 N–H and O–H groups in total. The van der Waals surface area contributed by atoms with Gasteiger partial charge in [0, 0.05) is 22.6 Å². The van der Waals surface area contributed by atoms with Crippen molar-refractivity contribution in [3.8, 4) is 0 Å². The third-order valence-corrected chi connectivity index (χ3v) is 4.82. The molecule has 2 rings (SSSR count). The summed E-state index contributed by atoms with van der Waals surface area (Å²) in [7, 11) is -0.661. The molecule has 0 atom stereocenters. The molecule has 0 radical (unpaired) electrons. The van der Waals surface area contributed by atoms with E-state index in [1.807, 2.05) is 27.7 Å². The Morgan fingerprint density at radius 3 is 2.23 bits per heavy atom. The molecule has 0 spiro atoms. The standard InChI is InChI=1S/C15H19BBrF2NO2/c1-14(2)15(3,4)22-16(21-14)9(8-20)5-11-12(17)6-10(18)7-13(11)19/h5-7H,8,20H2,1-4H3. The molecule has 7 heteroatoms. The number of nitrogens with two attached hydrogens (primary N) is 1. The normalized spacial score (nSPS) is 20.5. The average molecular weight is 374 g/mol. The van der Waals surface area contributed by atoms with E-state index in [1.165, 1.54) is 6.07 Å². The quantitative estimate of drug-likeness (QED) is 0.821. The van der Waals surface area contributed by atoms with Crippen molar-refractivity contribution in [2.24, 2.45) is 5.73 Å². The summed E-state index contributed by atoms with van der Waals surface area (Å²) in [6.45, 7) is 7.84. The second-order valence-electron chi connectivity index (χ2n) is 6.29. The fourth-order valence-electron chi connectivity index (χ4n) is 2.09. The van der Waals surface area contributed by atoms with E-state index in [0.717, 1.165) is 6.07 Å². The van der Waals surface area contributed by atoms with Gasteiger partial charge in [0.2, 0.25) is 0 Å². The van der Waals surface area contributed by atoms with Crippen molar-refractivity contribution in [3.63, 3.8) is 0 Å². The van der Waals surface area contributed by atoms with Gasteiger partial charge in [-0.05, 0) is 55.2 Å². The lowest BCUT2D eigenvalue weighted by Gasteiger charge is -2.32. The topological polar surface area (TPSA) is 44.5 Å². The van der Waals surface area contributed by atoms with Gasteiger partial charge in [0.1, 0.15) is 11.6 Å². The molecule has 120 valence electrons. The molecule has 3 nitrogen and oxygen atoms in total. The Bertz CT molecular complexity index is 581. The smallest absolute Gasteiger partial charge is 0.400 e. The Morgan fingerprint density at radius 2 is 1.77 bits per heavy atom. The molecule has 0 aromatic heterocycles. The van der Waals surface area contributed by atoms with Crippen molar-refractivity contribution in [2.45, 2.75) is 38.9 Å². The molecule has 1 aliphatic rings. The summed E-state index contributed by atoms with van der Waals surface area (Å²) >= 11 is 3.16. The maximum absolute atomic E-state index is 14.0. The van der Waals surface area contributed by atoms with Gasteiger partial charge in [0.15, 0.2) is 0 Å². The van der Waals surface area contributed by atoms with Crippen LogP contribution in [0, 0.1) is 11.6 Å².